The summed E-state index contributed by atoms with van der Waals surface area (Å²) in [7, 11) is 1.54. The van der Waals surface area contributed by atoms with Crippen LogP contribution in [-0.4, -0.2) is 18.1 Å². The van der Waals surface area contributed by atoms with E-state index in [4.69, 9.17) is 49.3 Å². The summed E-state index contributed by atoms with van der Waals surface area (Å²) in [6.45, 7) is 0.149. The van der Waals surface area contributed by atoms with Gasteiger partial charge in [0, 0.05) is 17.2 Å². The molecule has 0 bridgehead atoms. The number of furan rings is 1. The van der Waals surface area contributed by atoms with Crippen molar-refractivity contribution in [1.29, 1.82) is 0 Å². The van der Waals surface area contributed by atoms with Gasteiger partial charge in [-0.05, 0) is 48.6 Å². The Balaban J connectivity index is 1.49. The highest BCUT2D eigenvalue weighted by Gasteiger charge is 2.33. The van der Waals surface area contributed by atoms with Gasteiger partial charge >= 0.3 is 0 Å². The van der Waals surface area contributed by atoms with Gasteiger partial charge in [-0.1, -0.05) is 35.3 Å². The molecule has 0 saturated carbocycles. The molecule has 6 nitrogen and oxygen atoms in total. The lowest BCUT2D eigenvalue weighted by Crippen LogP contribution is -2.30. The van der Waals surface area contributed by atoms with Crippen molar-refractivity contribution in [3.8, 4) is 11.5 Å². The van der Waals surface area contributed by atoms with Gasteiger partial charge in [-0.15, -0.1) is 0 Å². The van der Waals surface area contributed by atoms with Crippen LogP contribution in [0.1, 0.15) is 11.5 Å². The summed E-state index contributed by atoms with van der Waals surface area (Å²) in [5.74, 6) is 1.71. The van der Waals surface area contributed by atoms with Gasteiger partial charge in [0.2, 0.25) is 0 Å². The predicted octanol–water partition coefficient (Wildman–Crippen LogP) is 5.44. The monoisotopic (exact) mass is 474 g/mol. The molecule has 1 aromatic heterocycles. The largest absolute Gasteiger partial charge is 0.495 e. The summed E-state index contributed by atoms with van der Waals surface area (Å²) in [5, 5.41) is 4.15. The van der Waals surface area contributed by atoms with E-state index in [0.29, 0.717) is 38.8 Å². The number of thiocarbonyl (C=S) groups is 1. The number of carbonyl (C=O) groups excluding carboxylic acids is 1. The third kappa shape index (κ3) is 4.54. The molecule has 2 aromatic carbocycles. The van der Waals surface area contributed by atoms with E-state index in [-0.39, 0.29) is 23.3 Å². The molecule has 158 valence electrons. The molecule has 1 N–H and O–H groups in total. The average Bonchev–Trinajstić information content (AvgIpc) is 3.32. The van der Waals surface area contributed by atoms with Crippen LogP contribution in [-0.2, 0) is 11.4 Å². The zero-order chi connectivity index (χ0) is 22.0. The van der Waals surface area contributed by atoms with Crippen LogP contribution >= 0.6 is 35.4 Å². The second-order valence-corrected chi connectivity index (χ2v) is 7.70. The SMILES string of the molecule is COc1ccccc1N1C(=O)/C(=C\c2ccc(COc3cc(Cl)ccc3Cl)o2)NC1=S. The second-order valence-electron chi connectivity index (χ2n) is 6.47. The molecule has 0 unspecified atom stereocenters. The van der Waals surface area contributed by atoms with Crippen LogP contribution in [0.25, 0.3) is 6.08 Å². The number of nitrogens with one attached hydrogen (secondary N) is 1. The number of benzene rings is 2. The molecule has 1 fully saturated rings. The van der Waals surface area contributed by atoms with Crippen molar-refractivity contribution in [1.82, 2.24) is 5.32 Å². The molecule has 2 heterocycles. The molecule has 3 aromatic rings. The topological polar surface area (TPSA) is 63.9 Å². The fourth-order valence-electron chi connectivity index (χ4n) is 3.00. The van der Waals surface area contributed by atoms with Crippen molar-refractivity contribution < 1.29 is 18.7 Å². The van der Waals surface area contributed by atoms with Crippen LogP contribution in [0, 0.1) is 0 Å². The molecule has 4 rings (SSSR count). The van der Waals surface area contributed by atoms with Crippen molar-refractivity contribution >= 4 is 58.2 Å². The highest BCUT2D eigenvalue weighted by atomic mass is 35.5. The Kier molecular flexibility index (Phi) is 6.18. The molecule has 1 aliphatic heterocycles. The van der Waals surface area contributed by atoms with Crippen molar-refractivity contribution in [2.24, 2.45) is 0 Å². The van der Waals surface area contributed by atoms with Gasteiger partial charge in [0.1, 0.15) is 35.3 Å². The third-order valence-electron chi connectivity index (χ3n) is 4.44. The van der Waals surface area contributed by atoms with Crippen LogP contribution in [0.4, 0.5) is 5.69 Å². The Morgan fingerprint density at radius 3 is 2.74 bits per heavy atom. The maximum Gasteiger partial charge on any atom is 0.281 e. The van der Waals surface area contributed by atoms with E-state index >= 15 is 0 Å². The van der Waals surface area contributed by atoms with Crippen LogP contribution in [0.2, 0.25) is 10.0 Å². The van der Waals surface area contributed by atoms with Crippen molar-refractivity contribution in [3.05, 3.63) is 81.9 Å². The number of hydrogen-bond acceptors (Lipinski definition) is 5. The van der Waals surface area contributed by atoms with Gasteiger partial charge < -0.3 is 19.2 Å². The number of nitrogens with zero attached hydrogens (tertiary/aromatic N) is 1. The number of anilines is 1. The first-order valence-corrected chi connectivity index (χ1v) is 10.3. The number of ether oxygens (including phenoxy) is 2. The number of amides is 1. The highest BCUT2D eigenvalue weighted by Crippen LogP contribution is 2.32. The first kappa shape index (κ1) is 21.2. The zero-order valence-electron chi connectivity index (χ0n) is 16.2. The van der Waals surface area contributed by atoms with Crippen molar-refractivity contribution in [2.75, 3.05) is 12.0 Å². The molecular formula is C22H16Cl2N2O4S. The number of carbonyl (C=O) groups is 1. The Hall–Kier alpha value is -3.00. The first-order valence-electron chi connectivity index (χ1n) is 9.13. The van der Waals surface area contributed by atoms with E-state index < -0.39 is 0 Å². The fraction of sp³-hybridized carbons (Fsp3) is 0.0909. The minimum absolute atomic E-state index is 0.149. The molecule has 9 heteroatoms. The van der Waals surface area contributed by atoms with Crippen LogP contribution in [0.3, 0.4) is 0 Å². The lowest BCUT2D eigenvalue weighted by molar-refractivity contribution is -0.113. The molecule has 31 heavy (non-hydrogen) atoms. The Labute approximate surface area is 193 Å². The Morgan fingerprint density at radius 2 is 1.94 bits per heavy atom. The van der Waals surface area contributed by atoms with E-state index in [1.165, 1.54) is 12.0 Å². The van der Waals surface area contributed by atoms with Crippen LogP contribution in [0.5, 0.6) is 11.5 Å². The minimum Gasteiger partial charge on any atom is -0.495 e. The maximum absolute atomic E-state index is 12.9. The van der Waals surface area contributed by atoms with Crippen molar-refractivity contribution in [2.45, 2.75) is 6.61 Å². The summed E-state index contributed by atoms with van der Waals surface area (Å²) < 4.78 is 16.8. The molecule has 1 amide bonds. The number of para-hydroxylation sites is 2. The van der Waals surface area contributed by atoms with E-state index in [9.17, 15) is 4.79 Å². The van der Waals surface area contributed by atoms with Gasteiger partial charge in [0.05, 0.1) is 17.8 Å². The molecule has 0 aliphatic carbocycles. The zero-order valence-corrected chi connectivity index (χ0v) is 18.6. The Bertz CT molecular complexity index is 1190. The van der Waals surface area contributed by atoms with Gasteiger partial charge in [-0.25, -0.2) is 4.90 Å². The standard InChI is InChI=1S/C22H16Cl2N2O4S/c1-28-19-5-3-2-4-18(19)26-21(27)17(25-22(26)31)11-14-7-8-15(30-14)12-29-20-10-13(23)6-9-16(20)24/h2-11H,12H2,1H3,(H,25,31)/b17-11+. The number of halogens is 2. The number of methoxy groups -OCH3 is 1. The summed E-state index contributed by atoms with van der Waals surface area (Å²) in [4.78, 5) is 14.3. The van der Waals surface area contributed by atoms with E-state index in [1.807, 2.05) is 6.07 Å². The first-order chi connectivity index (χ1) is 15.0. The normalized spacial score (nSPS) is 14.8. The molecular weight excluding hydrogens is 459 g/mol. The molecule has 0 radical (unpaired) electrons. The van der Waals surface area contributed by atoms with Crippen molar-refractivity contribution in [3.63, 3.8) is 0 Å². The van der Waals surface area contributed by atoms with Gasteiger partial charge in [0.15, 0.2) is 5.11 Å². The van der Waals surface area contributed by atoms with E-state index in [2.05, 4.69) is 5.32 Å². The molecule has 0 spiro atoms. The summed E-state index contributed by atoms with van der Waals surface area (Å²) in [6, 6.07) is 15.6. The van der Waals surface area contributed by atoms with Crippen LogP contribution < -0.4 is 19.7 Å². The second kappa shape index (κ2) is 9.01. The lowest BCUT2D eigenvalue weighted by Gasteiger charge is -2.17. The van der Waals surface area contributed by atoms with Gasteiger partial charge in [-0.2, -0.15) is 0 Å². The third-order valence-corrected chi connectivity index (χ3v) is 5.27. The maximum atomic E-state index is 12.9. The molecule has 0 atom stereocenters. The number of hydrogen-bond donors (Lipinski definition) is 1. The van der Waals surface area contributed by atoms with Gasteiger partial charge in [0.25, 0.3) is 5.91 Å². The minimum atomic E-state index is -0.311. The predicted molar refractivity (Wildman–Crippen MR) is 124 cm³/mol. The highest BCUT2D eigenvalue weighted by molar-refractivity contribution is 7.80. The summed E-state index contributed by atoms with van der Waals surface area (Å²) in [5.41, 5.74) is 0.846. The summed E-state index contributed by atoms with van der Waals surface area (Å²) >= 11 is 17.4. The molecule has 1 aliphatic rings. The quantitative estimate of drug-likeness (QED) is 0.379. The van der Waals surface area contributed by atoms with Crippen LogP contribution in [0.15, 0.2) is 64.7 Å². The Morgan fingerprint density at radius 1 is 1.13 bits per heavy atom. The molecule has 1 saturated heterocycles. The average molecular weight is 475 g/mol. The van der Waals surface area contributed by atoms with Gasteiger partial charge in [-0.3, -0.25) is 4.79 Å². The van der Waals surface area contributed by atoms with E-state index in [1.54, 1.807) is 54.6 Å². The smallest absolute Gasteiger partial charge is 0.281 e. The number of rotatable bonds is 6. The fourth-order valence-corrected chi connectivity index (χ4v) is 3.62. The summed E-state index contributed by atoms with van der Waals surface area (Å²) in [6.07, 6.45) is 1.58. The lowest BCUT2D eigenvalue weighted by atomic mass is 10.2. The van der Waals surface area contributed by atoms with E-state index in [0.717, 1.165) is 0 Å².